The summed E-state index contributed by atoms with van der Waals surface area (Å²) in [6, 6.07) is 9.43. The largest absolute Gasteiger partial charge is 0.468 e. The van der Waals surface area contributed by atoms with E-state index in [0.29, 0.717) is 24.0 Å². The molecule has 1 aromatic heterocycles. The Balaban J connectivity index is 0.000000860. The molecule has 0 saturated carbocycles. The summed E-state index contributed by atoms with van der Waals surface area (Å²) >= 11 is 1.49. The van der Waals surface area contributed by atoms with Crippen LogP contribution in [0.1, 0.15) is 55.0 Å². The maximum Gasteiger partial charge on any atom is 0.317 e. The summed E-state index contributed by atoms with van der Waals surface area (Å²) in [6.07, 6.45) is 0.771. The Kier molecular flexibility index (Phi) is 8.67. The molecular formula is C26H31F2NO2S. The molecule has 0 amide bonds. The van der Waals surface area contributed by atoms with Crippen LogP contribution in [-0.2, 0) is 27.8 Å². The van der Waals surface area contributed by atoms with Crippen LogP contribution in [0, 0.1) is 25.5 Å². The van der Waals surface area contributed by atoms with E-state index < -0.39 is 5.41 Å². The third kappa shape index (κ3) is 4.60. The van der Waals surface area contributed by atoms with Crippen molar-refractivity contribution >= 4 is 17.3 Å². The zero-order chi connectivity index (χ0) is 24.1. The van der Waals surface area contributed by atoms with E-state index in [0.717, 1.165) is 26.7 Å². The van der Waals surface area contributed by atoms with Crippen molar-refractivity contribution in [3.63, 3.8) is 0 Å². The molecule has 1 atom stereocenters. The molecule has 0 aliphatic heterocycles. The zero-order valence-corrected chi connectivity index (χ0v) is 20.6. The zero-order valence-electron chi connectivity index (χ0n) is 19.8. The first-order chi connectivity index (χ1) is 15.4. The quantitative estimate of drug-likeness (QED) is 0.397. The van der Waals surface area contributed by atoms with Crippen molar-refractivity contribution in [2.75, 3.05) is 7.11 Å². The number of aryl methyl sites for hydroxylation is 1. The minimum Gasteiger partial charge on any atom is -0.468 e. The number of methoxy groups -OCH3 is 1. The van der Waals surface area contributed by atoms with Crippen LogP contribution >= 0.6 is 11.3 Å². The third-order valence-corrected chi connectivity index (χ3v) is 6.62. The Morgan fingerprint density at radius 3 is 2.34 bits per heavy atom. The Morgan fingerprint density at radius 1 is 1.06 bits per heavy atom. The van der Waals surface area contributed by atoms with Gasteiger partial charge in [0.25, 0.3) is 0 Å². The molecule has 4 rings (SSSR count). The summed E-state index contributed by atoms with van der Waals surface area (Å²) in [5, 5.41) is 0.803. The fourth-order valence-electron chi connectivity index (χ4n) is 4.03. The Morgan fingerprint density at radius 2 is 1.75 bits per heavy atom. The number of carbonyl (C=O) groups excluding carboxylic acids is 1. The van der Waals surface area contributed by atoms with Crippen LogP contribution in [0.2, 0.25) is 0 Å². The van der Waals surface area contributed by atoms with E-state index in [4.69, 9.17) is 9.72 Å². The highest BCUT2D eigenvalue weighted by Crippen LogP contribution is 2.46. The first kappa shape index (κ1) is 25.7. The van der Waals surface area contributed by atoms with Gasteiger partial charge in [-0.15, -0.1) is 11.3 Å². The van der Waals surface area contributed by atoms with Crippen LogP contribution in [0.4, 0.5) is 8.78 Å². The lowest BCUT2D eigenvalue weighted by atomic mass is 9.76. The van der Waals surface area contributed by atoms with Gasteiger partial charge in [-0.05, 0) is 54.8 Å². The summed E-state index contributed by atoms with van der Waals surface area (Å²) in [4.78, 5) is 18.5. The number of carbonyl (C=O) groups is 1. The Hall–Kier alpha value is -2.60. The Labute approximate surface area is 193 Å². The summed E-state index contributed by atoms with van der Waals surface area (Å²) in [6.45, 7) is 11.5. The second kappa shape index (κ2) is 10.8. The highest BCUT2D eigenvalue weighted by Gasteiger charge is 2.49. The lowest BCUT2D eigenvalue weighted by molar-refractivity contribution is -0.147. The fraction of sp³-hybridized carbons (Fsp3) is 0.385. The molecule has 3 aromatic rings. The van der Waals surface area contributed by atoms with Gasteiger partial charge in [0.05, 0.1) is 12.8 Å². The van der Waals surface area contributed by atoms with Gasteiger partial charge in [-0.3, -0.25) is 4.79 Å². The number of hydrogen-bond acceptors (Lipinski definition) is 4. The van der Waals surface area contributed by atoms with Crippen LogP contribution in [0.3, 0.4) is 0 Å². The van der Waals surface area contributed by atoms with Crippen molar-refractivity contribution in [2.45, 2.75) is 59.8 Å². The molecule has 0 N–H and O–H groups in total. The van der Waals surface area contributed by atoms with Crippen LogP contribution in [0.5, 0.6) is 0 Å². The standard InChI is InChI=1S/C22H19F2NO2S.2C2H6/c1-12-9-14(23)7-8-15(12)20-25-18-10-22(21(26)27-3,11-19(18)28-20)16-5-4-6-17(24)13(16)2;2*1-2/h4-9H,10-11H2,1-3H3;2*1-2H3. The maximum atomic E-state index is 14.2. The molecule has 172 valence electrons. The van der Waals surface area contributed by atoms with Crippen LogP contribution in [0.25, 0.3) is 10.6 Å². The molecular weight excluding hydrogens is 428 g/mol. The van der Waals surface area contributed by atoms with Gasteiger partial charge in [0.2, 0.25) is 0 Å². The highest BCUT2D eigenvalue weighted by atomic mass is 32.1. The van der Waals surface area contributed by atoms with E-state index >= 15 is 0 Å². The van der Waals surface area contributed by atoms with Crippen LogP contribution in [0.15, 0.2) is 36.4 Å². The Bertz CT molecular complexity index is 1070. The molecule has 0 fully saturated rings. The SMILES string of the molecule is CC.CC.COC(=O)C1(c2cccc(F)c2C)Cc2nc(-c3ccc(F)cc3C)sc2C1. The number of fused-ring (bicyclic) bond motifs is 1. The molecule has 3 nitrogen and oxygen atoms in total. The average Bonchev–Trinajstić information content (AvgIpc) is 3.35. The minimum atomic E-state index is -0.967. The molecule has 0 bridgehead atoms. The van der Waals surface area contributed by atoms with Gasteiger partial charge >= 0.3 is 5.97 Å². The molecule has 0 saturated heterocycles. The van der Waals surface area contributed by atoms with E-state index in [-0.39, 0.29) is 17.6 Å². The number of rotatable bonds is 3. The van der Waals surface area contributed by atoms with E-state index in [1.54, 1.807) is 25.1 Å². The van der Waals surface area contributed by atoms with Crippen molar-refractivity contribution in [3.8, 4) is 10.6 Å². The topological polar surface area (TPSA) is 39.2 Å². The van der Waals surface area contributed by atoms with Crippen molar-refractivity contribution in [2.24, 2.45) is 0 Å². The summed E-state index contributed by atoms with van der Waals surface area (Å²) < 4.78 is 32.7. The van der Waals surface area contributed by atoms with E-state index in [1.165, 1.54) is 36.6 Å². The maximum absolute atomic E-state index is 14.2. The number of ether oxygens (including phenoxy) is 1. The van der Waals surface area contributed by atoms with Gasteiger partial charge in [0.1, 0.15) is 22.1 Å². The number of nitrogens with zero attached hydrogens (tertiary/aromatic N) is 1. The molecule has 1 unspecified atom stereocenters. The molecule has 1 aliphatic rings. The second-order valence-electron chi connectivity index (χ2n) is 7.19. The van der Waals surface area contributed by atoms with Crippen molar-refractivity contribution in [1.29, 1.82) is 0 Å². The smallest absolute Gasteiger partial charge is 0.317 e. The first-order valence-electron chi connectivity index (χ1n) is 10.9. The van der Waals surface area contributed by atoms with E-state index in [2.05, 4.69) is 0 Å². The van der Waals surface area contributed by atoms with Crippen molar-refractivity contribution in [1.82, 2.24) is 4.98 Å². The van der Waals surface area contributed by atoms with Gasteiger partial charge < -0.3 is 4.74 Å². The van der Waals surface area contributed by atoms with Crippen molar-refractivity contribution < 1.29 is 18.3 Å². The average molecular weight is 460 g/mol. The minimum absolute atomic E-state index is 0.281. The predicted molar refractivity (Wildman–Crippen MR) is 127 cm³/mol. The van der Waals surface area contributed by atoms with Crippen LogP contribution < -0.4 is 0 Å². The van der Waals surface area contributed by atoms with E-state index in [1.807, 2.05) is 34.6 Å². The molecule has 6 heteroatoms. The summed E-state index contributed by atoms with van der Waals surface area (Å²) in [5.74, 6) is -1.01. The number of benzene rings is 2. The number of aromatic nitrogens is 1. The number of thiazole rings is 1. The predicted octanol–water partition coefficient (Wildman–Crippen LogP) is 6.97. The second-order valence-corrected chi connectivity index (χ2v) is 8.27. The van der Waals surface area contributed by atoms with Gasteiger partial charge in [0, 0.05) is 23.3 Å². The molecule has 32 heavy (non-hydrogen) atoms. The summed E-state index contributed by atoms with van der Waals surface area (Å²) in [5.41, 5.74) is 2.64. The molecule has 0 spiro atoms. The third-order valence-electron chi connectivity index (χ3n) is 5.49. The van der Waals surface area contributed by atoms with E-state index in [9.17, 15) is 13.6 Å². The van der Waals surface area contributed by atoms with Gasteiger partial charge in [0.15, 0.2) is 0 Å². The number of halogens is 2. The monoisotopic (exact) mass is 459 g/mol. The van der Waals surface area contributed by atoms with Gasteiger partial charge in [-0.2, -0.15) is 0 Å². The molecule has 0 radical (unpaired) electrons. The number of hydrogen-bond donors (Lipinski definition) is 0. The molecule has 1 aliphatic carbocycles. The summed E-state index contributed by atoms with van der Waals surface area (Å²) in [7, 11) is 1.35. The first-order valence-corrected chi connectivity index (χ1v) is 11.8. The lowest BCUT2D eigenvalue weighted by Crippen LogP contribution is -2.39. The van der Waals surface area contributed by atoms with Crippen LogP contribution in [-0.4, -0.2) is 18.1 Å². The van der Waals surface area contributed by atoms with Crippen molar-refractivity contribution in [3.05, 3.63) is 75.3 Å². The lowest BCUT2D eigenvalue weighted by Gasteiger charge is -2.28. The van der Waals surface area contributed by atoms with Gasteiger partial charge in [-0.1, -0.05) is 39.8 Å². The molecule has 2 aromatic carbocycles. The number of esters is 1. The molecule has 1 heterocycles. The highest BCUT2D eigenvalue weighted by molar-refractivity contribution is 7.15. The normalized spacial score (nSPS) is 16.3. The van der Waals surface area contributed by atoms with Gasteiger partial charge in [-0.25, -0.2) is 13.8 Å². The fourth-order valence-corrected chi connectivity index (χ4v) is 5.31.